The van der Waals surface area contributed by atoms with Crippen LogP contribution in [-0.2, 0) is 0 Å². The van der Waals surface area contributed by atoms with Gasteiger partial charge < -0.3 is 4.57 Å². The second-order valence-corrected chi connectivity index (χ2v) is 7.08. The van der Waals surface area contributed by atoms with Crippen molar-refractivity contribution >= 4 is 40.5 Å². The molecule has 7 heteroatoms. The Hall–Kier alpha value is -3.07. The number of benzene rings is 2. The zero-order valence-electron chi connectivity index (χ0n) is 15.1. The molecule has 0 aliphatic heterocycles. The van der Waals surface area contributed by atoms with E-state index in [4.69, 9.17) is 23.2 Å². The van der Waals surface area contributed by atoms with Crippen LogP contribution in [0.3, 0.4) is 0 Å². The van der Waals surface area contributed by atoms with Gasteiger partial charge in [0.2, 0.25) is 0 Å². The molecule has 3 aromatic rings. The first kappa shape index (κ1) is 19.7. The molecule has 5 nitrogen and oxygen atoms in total. The van der Waals surface area contributed by atoms with Crippen LogP contribution in [0.15, 0.2) is 48.5 Å². The summed E-state index contributed by atoms with van der Waals surface area (Å²) in [7, 11) is 0. The summed E-state index contributed by atoms with van der Waals surface area (Å²) in [6.07, 6.45) is 1.72. The average Bonchev–Trinajstić information content (AvgIpc) is 2.93. The molecule has 2 aromatic carbocycles. The van der Waals surface area contributed by atoms with Gasteiger partial charge in [-0.05, 0) is 55.3 Å². The number of nitro benzene ring substituents is 1. The summed E-state index contributed by atoms with van der Waals surface area (Å²) in [4.78, 5) is 10.5. The van der Waals surface area contributed by atoms with Crippen molar-refractivity contribution in [2.45, 2.75) is 13.8 Å². The topological polar surface area (TPSA) is 71.9 Å². The molecule has 0 aliphatic carbocycles. The number of hydrogen-bond donors (Lipinski definition) is 0. The van der Waals surface area contributed by atoms with Gasteiger partial charge in [-0.25, -0.2) is 0 Å². The largest absolute Gasteiger partial charge is 0.316 e. The average molecular weight is 412 g/mol. The van der Waals surface area contributed by atoms with Crippen molar-refractivity contribution in [2.24, 2.45) is 0 Å². The Morgan fingerprint density at radius 2 is 1.93 bits per heavy atom. The van der Waals surface area contributed by atoms with Crippen molar-refractivity contribution in [3.63, 3.8) is 0 Å². The van der Waals surface area contributed by atoms with Gasteiger partial charge in [0.05, 0.1) is 27.3 Å². The summed E-state index contributed by atoms with van der Waals surface area (Å²) in [6.45, 7) is 3.86. The highest BCUT2D eigenvalue weighted by atomic mass is 35.5. The smallest absolute Gasteiger partial charge is 0.270 e. The lowest BCUT2D eigenvalue weighted by Gasteiger charge is -2.12. The van der Waals surface area contributed by atoms with Gasteiger partial charge in [-0.3, -0.25) is 10.1 Å². The SMILES string of the molecule is Cc1cc(C=C(C#N)c2cccc([N+](=O)[O-])c2)c(C)n1-c1ccc(Cl)cc1Cl. The van der Waals surface area contributed by atoms with Crippen molar-refractivity contribution < 1.29 is 4.92 Å². The van der Waals surface area contributed by atoms with Gasteiger partial charge in [-0.15, -0.1) is 0 Å². The number of rotatable bonds is 4. The van der Waals surface area contributed by atoms with E-state index in [9.17, 15) is 15.4 Å². The minimum Gasteiger partial charge on any atom is -0.316 e. The number of hydrogen-bond acceptors (Lipinski definition) is 3. The molecule has 1 aromatic heterocycles. The Balaban J connectivity index is 2.11. The van der Waals surface area contributed by atoms with Crippen LogP contribution >= 0.6 is 23.2 Å². The second kappa shape index (κ2) is 7.89. The van der Waals surface area contributed by atoms with E-state index in [1.165, 1.54) is 12.1 Å². The summed E-state index contributed by atoms with van der Waals surface area (Å²) in [5, 5.41) is 21.7. The zero-order valence-corrected chi connectivity index (χ0v) is 16.6. The molecule has 3 rings (SSSR count). The number of aryl methyl sites for hydroxylation is 1. The number of nitro groups is 1. The van der Waals surface area contributed by atoms with Crippen LogP contribution in [0.2, 0.25) is 10.0 Å². The zero-order chi connectivity index (χ0) is 20.4. The van der Waals surface area contributed by atoms with Crippen LogP contribution in [0.1, 0.15) is 22.5 Å². The normalized spacial score (nSPS) is 11.3. The Morgan fingerprint density at radius 3 is 2.57 bits per heavy atom. The Morgan fingerprint density at radius 1 is 1.18 bits per heavy atom. The number of nitriles is 1. The van der Waals surface area contributed by atoms with Gasteiger partial charge in [-0.1, -0.05) is 35.3 Å². The van der Waals surface area contributed by atoms with E-state index < -0.39 is 4.92 Å². The van der Waals surface area contributed by atoms with Crippen molar-refractivity contribution in [2.75, 3.05) is 0 Å². The maximum Gasteiger partial charge on any atom is 0.270 e. The van der Waals surface area contributed by atoms with E-state index in [2.05, 4.69) is 6.07 Å². The fraction of sp³-hybridized carbons (Fsp3) is 0.0952. The molecule has 0 radical (unpaired) electrons. The van der Waals surface area contributed by atoms with Crippen LogP contribution in [-0.4, -0.2) is 9.49 Å². The summed E-state index contributed by atoms with van der Waals surface area (Å²) in [5.41, 5.74) is 4.21. The van der Waals surface area contributed by atoms with Crippen LogP contribution in [0.25, 0.3) is 17.3 Å². The maximum atomic E-state index is 11.0. The van der Waals surface area contributed by atoms with Crippen molar-refractivity contribution in [3.05, 3.63) is 91.2 Å². The summed E-state index contributed by atoms with van der Waals surface area (Å²) < 4.78 is 1.98. The predicted molar refractivity (Wildman–Crippen MR) is 112 cm³/mol. The Bertz CT molecular complexity index is 1160. The Labute approximate surface area is 172 Å². The molecule has 0 unspecified atom stereocenters. The number of non-ortho nitro benzene ring substituents is 1. The van der Waals surface area contributed by atoms with E-state index in [-0.39, 0.29) is 5.69 Å². The lowest BCUT2D eigenvalue weighted by atomic mass is 10.0. The first-order valence-electron chi connectivity index (χ1n) is 8.33. The standard InChI is InChI=1S/C21H15Cl2N3O2/c1-13-8-16(14(2)25(13)21-7-6-18(22)11-20(21)23)9-17(12-24)15-4-3-5-19(10-15)26(27)28/h3-11H,1-2H3. The first-order valence-corrected chi connectivity index (χ1v) is 9.08. The molecule has 140 valence electrons. The molecule has 0 saturated heterocycles. The molecule has 0 atom stereocenters. The van der Waals surface area contributed by atoms with Gasteiger partial charge in [-0.2, -0.15) is 5.26 Å². The molecular formula is C21H15Cl2N3O2. The van der Waals surface area contributed by atoms with Gasteiger partial charge in [0.25, 0.3) is 5.69 Å². The Kier molecular flexibility index (Phi) is 5.55. The highest BCUT2D eigenvalue weighted by molar-refractivity contribution is 6.35. The quantitative estimate of drug-likeness (QED) is 0.284. The first-order chi connectivity index (χ1) is 13.3. The summed E-state index contributed by atoms with van der Waals surface area (Å²) in [5.74, 6) is 0. The lowest BCUT2D eigenvalue weighted by molar-refractivity contribution is -0.384. The van der Waals surface area contributed by atoms with Gasteiger partial charge in [0.1, 0.15) is 0 Å². The number of nitrogens with zero attached hydrogens (tertiary/aromatic N) is 3. The lowest BCUT2D eigenvalue weighted by Crippen LogP contribution is -2.00. The van der Waals surface area contributed by atoms with Gasteiger partial charge in [0, 0.05) is 28.5 Å². The van der Waals surface area contributed by atoms with Gasteiger partial charge >= 0.3 is 0 Å². The predicted octanol–water partition coefficient (Wildman–Crippen LogP) is 6.37. The fourth-order valence-corrected chi connectivity index (χ4v) is 3.58. The van der Waals surface area contributed by atoms with E-state index in [1.807, 2.05) is 30.5 Å². The van der Waals surface area contributed by atoms with Crippen LogP contribution in [0.5, 0.6) is 0 Å². The van der Waals surface area contributed by atoms with E-state index in [0.717, 1.165) is 22.6 Å². The third-order valence-corrected chi connectivity index (χ3v) is 4.95. The molecule has 0 saturated carbocycles. The van der Waals surface area contributed by atoms with Gasteiger partial charge in [0.15, 0.2) is 0 Å². The van der Waals surface area contributed by atoms with E-state index in [0.29, 0.717) is 21.2 Å². The summed E-state index contributed by atoms with van der Waals surface area (Å²) in [6, 6.07) is 15.4. The third kappa shape index (κ3) is 3.79. The summed E-state index contributed by atoms with van der Waals surface area (Å²) >= 11 is 12.3. The number of allylic oxidation sites excluding steroid dienone is 1. The molecule has 0 N–H and O–H groups in total. The third-order valence-electron chi connectivity index (χ3n) is 4.41. The number of halogens is 2. The molecule has 0 amide bonds. The minimum absolute atomic E-state index is 0.0583. The van der Waals surface area contributed by atoms with Crippen LogP contribution < -0.4 is 0 Å². The molecule has 28 heavy (non-hydrogen) atoms. The second-order valence-electron chi connectivity index (χ2n) is 6.23. The van der Waals surface area contributed by atoms with Crippen molar-refractivity contribution in [3.8, 4) is 11.8 Å². The molecule has 0 bridgehead atoms. The molecule has 1 heterocycles. The van der Waals surface area contributed by atoms with Crippen molar-refractivity contribution in [1.29, 1.82) is 5.26 Å². The molecule has 0 spiro atoms. The van der Waals surface area contributed by atoms with Crippen LogP contribution in [0.4, 0.5) is 5.69 Å². The fourth-order valence-electron chi connectivity index (χ4n) is 3.09. The molecule has 0 aliphatic rings. The highest BCUT2D eigenvalue weighted by Gasteiger charge is 2.14. The maximum absolute atomic E-state index is 11.0. The molecular weight excluding hydrogens is 397 g/mol. The monoisotopic (exact) mass is 411 g/mol. The van der Waals surface area contributed by atoms with Crippen LogP contribution in [0, 0.1) is 35.3 Å². The highest BCUT2D eigenvalue weighted by Crippen LogP contribution is 2.30. The van der Waals surface area contributed by atoms with E-state index >= 15 is 0 Å². The van der Waals surface area contributed by atoms with Crippen molar-refractivity contribution in [1.82, 2.24) is 4.57 Å². The minimum atomic E-state index is -0.479. The van der Waals surface area contributed by atoms with E-state index in [1.54, 1.807) is 30.3 Å². The molecule has 0 fully saturated rings. The number of aromatic nitrogens is 1.